The van der Waals surface area contributed by atoms with Crippen LogP contribution in [0.2, 0.25) is 0 Å². The van der Waals surface area contributed by atoms with E-state index in [2.05, 4.69) is 19.2 Å². The molecule has 6 nitrogen and oxygen atoms in total. The van der Waals surface area contributed by atoms with Crippen molar-refractivity contribution in [3.8, 4) is 0 Å². The quantitative estimate of drug-likeness (QED) is 0.0323. The highest BCUT2D eigenvalue weighted by molar-refractivity contribution is 5.76. The van der Waals surface area contributed by atoms with E-state index >= 15 is 0 Å². The highest BCUT2D eigenvalue weighted by atomic mass is 16.5. The number of unbranched alkanes of at least 4 members (excludes halogenated alkanes) is 37. The molecule has 0 aromatic carbocycles. The fraction of sp³-hybridized carbons (Fsp3) is 0.923. The number of nitrogens with one attached hydrogen (secondary N) is 1. The minimum atomic E-state index is -0.848. The second-order valence-corrected chi connectivity index (χ2v) is 17.9. The van der Waals surface area contributed by atoms with Crippen LogP contribution in [0.15, 0.2) is 12.2 Å². The van der Waals surface area contributed by atoms with Crippen molar-refractivity contribution < 1.29 is 24.5 Å². The SMILES string of the molecule is CCCCCCCCCCCCC/C=C/C(O)C(CO)NC(=O)CCCCCCCCCCCCCCCCCOC(=O)CCCCCCCCCCCCCCC. The van der Waals surface area contributed by atoms with Crippen molar-refractivity contribution in [2.24, 2.45) is 0 Å². The molecule has 344 valence electrons. The number of aliphatic hydroxyl groups excluding tert-OH is 2. The topological polar surface area (TPSA) is 95.9 Å². The van der Waals surface area contributed by atoms with Crippen LogP contribution in [0.5, 0.6) is 0 Å². The number of hydrogen-bond acceptors (Lipinski definition) is 5. The van der Waals surface area contributed by atoms with Crippen LogP contribution in [0.3, 0.4) is 0 Å². The number of ether oxygens (including phenoxy) is 1. The lowest BCUT2D eigenvalue weighted by atomic mass is 10.0. The molecule has 0 bridgehead atoms. The van der Waals surface area contributed by atoms with E-state index in [-0.39, 0.29) is 18.5 Å². The lowest BCUT2D eigenvalue weighted by Crippen LogP contribution is -2.45. The van der Waals surface area contributed by atoms with Crippen molar-refractivity contribution in [2.75, 3.05) is 13.2 Å². The monoisotopic (exact) mass is 820 g/mol. The molecular weight excluding hydrogens is 719 g/mol. The summed E-state index contributed by atoms with van der Waals surface area (Å²) in [5, 5.41) is 23.0. The minimum Gasteiger partial charge on any atom is -0.466 e. The third-order valence-electron chi connectivity index (χ3n) is 12.1. The van der Waals surface area contributed by atoms with E-state index < -0.39 is 12.1 Å². The van der Waals surface area contributed by atoms with Crippen LogP contribution in [0.25, 0.3) is 0 Å². The van der Waals surface area contributed by atoms with E-state index in [0.717, 1.165) is 44.9 Å². The standard InChI is InChI=1S/C52H101NO5/c1-3-5-7-9-11-13-15-20-24-28-32-36-40-44-50(55)49(48-54)53-51(56)45-41-37-33-29-25-22-18-17-19-23-27-31-35-39-43-47-58-52(57)46-42-38-34-30-26-21-16-14-12-10-8-6-4-2/h40,44,49-50,54-55H,3-39,41-43,45-48H2,1-2H3,(H,53,56)/b44-40+. The predicted molar refractivity (Wildman–Crippen MR) is 250 cm³/mol. The number of hydrogen-bond donors (Lipinski definition) is 3. The summed E-state index contributed by atoms with van der Waals surface area (Å²) in [5.41, 5.74) is 0. The molecule has 0 radical (unpaired) electrons. The Morgan fingerprint density at radius 1 is 0.466 bits per heavy atom. The summed E-state index contributed by atoms with van der Waals surface area (Å²) in [6, 6.07) is -0.632. The molecule has 2 atom stereocenters. The molecule has 0 aliphatic heterocycles. The van der Waals surface area contributed by atoms with E-state index in [9.17, 15) is 19.8 Å². The first-order valence-electron chi connectivity index (χ1n) is 26.0. The zero-order valence-corrected chi connectivity index (χ0v) is 39.0. The van der Waals surface area contributed by atoms with E-state index in [1.54, 1.807) is 6.08 Å². The molecule has 0 saturated carbocycles. The lowest BCUT2D eigenvalue weighted by molar-refractivity contribution is -0.143. The van der Waals surface area contributed by atoms with Crippen molar-refractivity contribution in [2.45, 2.75) is 296 Å². The largest absolute Gasteiger partial charge is 0.466 e. The van der Waals surface area contributed by atoms with Crippen LogP contribution in [-0.4, -0.2) is 47.4 Å². The van der Waals surface area contributed by atoms with Gasteiger partial charge in [0.05, 0.1) is 25.4 Å². The number of esters is 1. The molecule has 0 aromatic rings. The van der Waals surface area contributed by atoms with Crippen LogP contribution < -0.4 is 5.32 Å². The van der Waals surface area contributed by atoms with Gasteiger partial charge in [0.25, 0.3) is 0 Å². The second-order valence-electron chi connectivity index (χ2n) is 17.9. The summed E-state index contributed by atoms with van der Waals surface area (Å²) in [5.74, 6) is -0.0749. The van der Waals surface area contributed by atoms with Gasteiger partial charge in [-0.1, -0.05) is 251 Å². The normalized spacial score (nSPS) is 12.7. The molecule has 0 rings (SSSR count). The number of allylic oxidation sites excluding steroid dienone is 1. The Kier molecular flexibility index (Phi) is 47.1. The fourth-order valence-corrected chi connectivity index (χ4v) is 8.05. The minimum absolute atomic E-state index is 0.00107. The highest BCUT2D eigenvalue weighted by Gasteiger charge is 2.18. The maximum absolute atomic E-state index is 12.4. The number of rotatable bonds is 48. The van der Waals surface area contributed by atoms with Crippen molar-refractivity contribution >= 4 is 11.9 Å². The zero-order valence-electron chi connectivity index (χ0n) is 39.0. The Morgan fingerprint density at radius 3 is 1.17 bits per heavy atom. The first-order chi connectivity index (χ1) is 28.5. The number of amides is 1. The van der Waals surface area contributed by atoms with Gasteiger partial charge in [0.2, 0.25) is 5.91 Å². The molecule has 2 unspecified atom stereocenters. The summed E-state index contributed by atoms with van der Waals surface area (Å²) < 4.78 is 5.46. The van der Waals surface area contributed by atoms with E-state index in [0.29, 0.717) is 19.4 Å². The van der Waals surface area contributed by atoms with Gasteiger partial charge in [0.15, 0.2) is 0 Å². The van der Waals surface area contributed by atoms with Crippen LogP contribution in [0.4, 0.5) is 0 Å². The van der Waals surface area contributed by atoms with E-state index in [1.165, 1.54) is 212 Å². The Bertz CT molecular complexity index is 863. The van der Waals surface area contributed by atoms with Crippen LogP contribution in [0, 0.1) is 0 Å². The maximum atomic E-state index is 12.4. The Hall–Kier alpha value is -1.40. The van der Waals surface area contributed by atoms with Gasteiger partial charge < -0.3 is 20.3 Å². The van der Waals surface area contributed by atoms with Gasteiger partial charge in [0.1, 0.15) is 0 Å². The van der Waals surface area contributed by atoms with Gasteiger partial charge in [-0.05, 0) is 32.1 Å². The highest BCUT2D eigenvalue weighted by Crippen LogP contribution is 2.16. The summed E-state index contributed by atoms with van der Waals surface area (Å²) in [6.07, 6.45) is 54.9. The van der Waals surface area contributed by atoms with Gasteiger partial charge in [-0.25, -0.2) is 0 Å². The molecule has 1 amide bonds. The Balaban J connectivity index is 3.45. The van der Waals surface area contributed by atoms with E-state index in [4.69, 9.17) is 4.74 Å². The van der Waals surface area contributed by atoms with Crippen molar-refractivity contribution in [3.63, 3.8) is 0 Å². The summed E-state index contributed by atoms with van der Waals surface area (Å²) in [6.45, 7) is 4.89. The molecule has 0 heterocycles. The molecule has 3 N–H and O–H groups in total. The van der Waals surface area contributed by atoms with Gasteiger partial charge in [-0.2, -0.15) is 0 Å². The van der Waals surface area contributed by atoms with Crippen molar-refractivity contribution in [1.29, 1.82) is 0 Å². The maximum Gasteiger partial charge on any atom is 0.305 e. The molecule has 0 aromatic heterocycles. The van der Waals surface area contributed by atoms with Gasteiger partial charge in [-0.3, -0.25) is 9.59 Å². The molecule has 6 heteroatoms. The fourth-order valence-electron chi connectivity index (χ4n) is 8.05. The van der Waals surface area contributed by atoms with Gasteiger partial charge >= 0.3 is 5.97 Å². The molecular formula is C52H101NO5. The lowest BCUT2D eigenvalue weighted by Gasteiger charge is -2.20. The molecule has 0 fully saturated rings. The summed E-state index contributed by atoms with van der Waals surface area (Å²) in [7, 11) is 0. The molecule has 0 aliphatic rings. The Labute approximate surface area is 361 Å². The molecule has 0 spiro atoms. The number of carbonyl (C=O) groups excluding carboxylic acids is 2. The average molecular weight is 820 g/mol. The van der Waals surface area contributed by atoms with Crippen molar-refractivity contribution in [1.82, 2.24) is 5.32 Å². The molecule has 58 heavy (non-hydrogen) atoms. The van der Waals surface area contributed by atoms with Crippen molar-refractivity contribution in [3.05, 3.63) is 12.2 Å². The average Bonchev–Trinajstić information content (AvgIpc) is 3.22. The van der Waals surface area contributed by atoms with Crippen LogP contribution >= 0.6 is 0 Å². The first kappa shape index (κ1) is 56.6. The second kappa shape index (κ2) is 48.3. The summed E-state index contributed by atoms with van der Waals surface area (Å²) >= 11 is 0. The molecule has 0 saturated heterocycles. The summed E-state index contributed by atoms with van der Waals surface area (Å²) in [4.78, 5) is 24.4. The van der Waals surface area contributed by atoms with Gasteiger partial charge in [0, 0.05) is 12.8 Å². The molecule has 0 aliphatic carbocycles. The predicted octanol–water partition coefficient (Wildman–Crippen LogP) is 15.3. The van der Waals surface area contributed by atoms with Crippen LogP contribution in [0.1, 0.15) is 284 Å². The zero-order chi connectivity index (χ0) is 42.3. The number of carbonyl (C=O) groups is 2. The van der Waals surface area contributed by atoms with Gasteiger partial charge in [-0.15, -0.1) is 0 Å². The van der Waals surface area contributed by atoms with E-state index in [1.807, 2.05) is 6.08 Å². The number of aliphatic hydroxyl groups is 2. The van der Waals surface area contributed by atoms with Crippen LogP contribution in [-0.2, 0) is 14.3 Å². The first-order valence-corrected chi connectivity index (χ1v) is 26.0. The third-order valence-corrected chi connectivity index (χ3v) is 12.1. The third kappa shape index (κ3) is 44.2. The Morgan fingerprint density at radius 2 is 0.793 bits per heavy atom. The smallest absolute Gasteiger partial charge is 0.305 e.